The minimum absolute atomic E-state index is 0.187. The van der Waals surface area contributed by atoms with Crippen LogP contribution < -0.4 is 5.32 Å². The van der Waals surface area contributed by atoms with Crippen LogP contribution in [0.4, 0.5) is 0 Å². The monoisotopic (exact) mass is 288 g/mol. The van der Waals surface area contributed by atoms with E-state index in [9.17, 15) is 14.4 Å². The fourth-order valence-electron chi connectivity index (χ4n) is 2.17. The van der Waals surface area contributed by atoms with Gasteiger partial charge in [0.25, 0.3) is 5.91 Å². The zero-order chi connectivity index (χ0) is 15.6. The van der Waals surface area contributed by atoms with Crippen molar-refractivity contribution in [2.24, 2.45) is 0 Å². The number of hydrogen-bond donors (Lipinski definition) is 1. The van der Waals surface area contributed by atoms with Crippen molar-refractivity contribution >= 4 is 23.5 Å². The van der Waals surface area contributed by atoms with Gasteiger partial charge < -0.3 is 10.1 Å². The summed E-state index contributed by atoms with van der Waals surface area (Å²) in [7, 11) is 1.24. The Morgan fingerprint density at radius 3 is 2.52 bits per heavy atom. The first-order valence-corrected chi connectivity index (χ1v) is 6.43. The van der Waals surface area contributed by atoms with Crippen LogP contribution in [0.3, 0.4) is 0 Å². The largest absolute Gasteiger partial charge is 0.467 e. The molecule has 6 nitrogen and oxygen atoms in total. The predicted octanol–water partition coefficient (Wildman–Crippen LogP) is 0.791. The summed E-state index contributed by atoms with van der Waals surface area (Å²) in [5.74, 6) is -1.26. The molecule has 1 heterocycles. The first kappa shape index (κ1) is 14.8. The molecule has 2 amide bonds. The molecule has 0 unspecified atom stereocenters. The van der Waals surface area contributed by atoms with Gasteiger partial charge in [-0.05, 0) is 13.0 Å². The second-order valence-electron chi connectivity index (χ2n) is 4.70. The van der Waals surface area contributed by atoms with Gasteiger partial charge in [-0.3, -0.25) is 14.5 Å². The van der Waals surface area contributed by atoms with E-state index in [1.807, 2.05) is 0 Å². The zero-order valence-corrected chi connectivity index (χ0v) is 11.9. The van der Waals surface area contributed by atoms with Crippen LogP contribution in [0.25, 0.3) is 5.70 Å². The Hall–Kier alpha value is -2.63. The van der Waals surface area contributed by atoms with Crippen molar-refractivity contribution in [1.82, 2.24) is 10.2 Å². The van der Waals surface area contributed by atoms with Crippen molar-refractivity contribution in [2.75, 3.05) is 13.7 Å². The van der Waals surface area contributed by atoms with Gasteiger partial charge in [-0.15, -0.1) is 0 Å². The van der Waals surface area contributed by atoms with E-state index < -0.39 is 17.9 Å². The normalized spacial score (nSPS) is 14.7. The zero-order valence-electron chi connectivity index (χ0n) is 11.9. The van der Waals surface area contributed by atoms with Gasteiger partial charge in [-0.1, -0.05) is 24.8 Å². The van der Waals surface area contributed by atoms with Crippen LogP contribution in [-0.4, -0.2) is 42.4 Å². The van der Waals surface area contributed by atoms with Crippen LogP contribution in [0.15, 0.2) is 30.8 Å². The lowest BCUT2D eigenvalue weighted by atomic mass is 10.1. The highest BCUT2D eigenvalue weighted by Crippen LogP contribution is 2.30. The Bertz CT molecular complexity index is 589. The Labute approximate surface area is 122 Å². The molecule has 1 aliphatic rings. The third-order valence-corrected chi connectivity index (χ3v) is 3.27. The summed E-state index contributed by atoms with van der Waals surface area (Å²) in [4.78, 5) is 36.7. The molecule has 0 aromatic heterocycles. The van der Waals surface area contributed by atoms with Gasteiger partial charge in [-0.2, -0.15) is 0 Å². The van der Waals surface area contributed by atoms with Crippen molar-refractivity contribution < 1.29 is 19.1 Å². The highest BCUT2D eigenvalue weighted by Gasteiger charge is 2.32. The van der Waals surface area contributed by atoms with Crippen molar-refractivity contribution in [1.29, 1.82) is 0 Å². The third-order valence-electron chi connectivity index (χ3n) is 3.27. The molecule has 0 bridgehead atoms. The summed E-state index contributed by atoms with van der Waals surface area (Å²) in [6.07, 6.45) is 0. The molecular formula is C15H16N2O4. The van der Waals surface area contributed by atoms with Gasteiger partial charge in [0.15, 0.2) is 0 Å². The minimum atomic E-state index is -0.768. The number of carbonyl (C=O) groups is 3. The highest BCUT2D eigenvalue weighted by atomic mass is 16.5. The van der Waals surface area contributed by atoms with Crippen LogP contribution in [0.2, 0.25) is 0 Å². The number of nitrogens with one attached hydrogen (secondary N) is 1. The van der Waals surface area contributed by atoms with E-state index in [4.69, 9.17) is 0 Å². The number of fused-ring (bicyclic) bond motifs is 1. The minimum Gasteiger partial charge on any atom is -0.467 e. The maximum absolute atomic E-state index is 12.2. The van der Waals surface area contributed by atoms with E-state index in [2.05, 4.69) is 16.6 Å². The number of methoxy groups -OCH3 is 1. The smallest absolute Gasteiger partial charge is 0.328 e. The van der Waals surface area contributed by atoms with Crippen LogP contribution >= 0.6 is 0 Å². The van der Waals surface area contributed by atoms with E-state index in [-0.39, 0.29) is 12.5 Å². The van der Waals surface area contributed by atoms with Crippen molar-refractivity contribution in [3.8, 4) is 0 Å². The lowest BCUT2D eigenvalue weighted by Crippen LogP contribution is -2.44. The maximum Gasteiger partial charge on any atom is 0.328 e. The quantitative estimate of drug-likeness (QED) is 0.831. The summed E-state index contributed by atoms with van der Waals surface area (Å²) in [5.41, 5.74) is 1.73. The van der Waals surface area contributed by atoms with Gasteiger partial charge in [0, 0.05) is 16.8 Å². The Balaban J connectivity index is 2.05. The molecule has 0 saturated heterocycles. The molecule has 110 valence electrons. The molecule has 21 heavy (non-hydrogen) atoms. The first-order chi connectivity index (χ1) is 9.95. The number of ether oxygens (including phenoxy) is 1. The van der Waals surface area contributed by atoms with Crippen molar-refractivity contribution in [3.63, 3.8) is 0 Å². The standard InChI is InChI=1S/C15H16N2O4/c1-9(15(20)21-3)16-13(18)8-17-10(2)11-6-4-5-7-12(11)14(17)19/h4-7,9H,2,8H2,1,3H3,(H,16,18)/t9-/m0/s1. The van der Waals surface area contributed by atoms with Crippen molar-refractivity contribution in [3.05, 3.63) is 42.0 Å². The second-order valence-corrected chi connectivity index (χ2v) is 4.70. The summed E-state index contributed by atoms with van der Waals surface area (Å²) >= 11 is 0. The molecular weight excluding hydrogens is 272 g/mol. The van der Waals surface area contributed by atoms with Crippen molar-refractivity contribution in [2.45, 2.75) is 13.0 Å². The molecule has 1 N–H and O–H groups in total. The number of rotatable bonds is 4. The lowest BCUT2D eigenvalue weighted by molar-refractivity contribution is -0.144. The van der Waals surface area contributed by atoms with Gasteiger partial charge in [0.1, 0.15) is 12.6 Å². The van der Waals surface area contributed by atoms with Gasteiger partial charge in [0.05, 0.1) is 7.11 Å². The number of esters is 1. The molecule has 0 radical (unpaired) electrons. The topological polar surface area (TPSA) is 75.7 Å². The second kappa shape index (κ2) is 5.78. The average Bonchev–Trinajstić information content (AvgIpc) is 2.72. The number of hydrogen-bond acceptors (Lipinski definition) is 4. The van der Waals surface area contributed by atoms with Crippen LogP contribution in [0.1, 0.15) is 22.8 Å². The average molecular weight is 288 g/mol. The fourth-order valence-corrected chi connectivity index (χ4v) is 2.17. The molecule has 1 aromatic carbocycles. The van der Waals surface area contributed by atoms with E-state index in [0.29, 0.717) is 11.3 Å². The molecule has 6 heteroatoms. The third kappa shape index (κ3) is 2.79. The molecule has 0 aliphatic carbocycles. The Morgan fingerprint density at radius 1 is 1.33 bits per heavy atom. The van der Waals surface area contributed by atoms with Crippen LogP contribution in [-0.2, 0) is 14.3 Å². The molecule has 1 aromatic rings. The molecule has 2 rings (SSSR count). The Morgan fingerprint density at radius 2 is 1.95 bits per heavy atom. The number of nitrogens with zero attached hydrogens (tertiary/aromatic N) is 1. The predicted molar refractivity (Wildman–Crippen MR) is 76.1 cm³/mol. The molecule has 0 saturated carbocycles. The SMILES string of the molecule is C=C1c2ccccc2C(=O)N1CC(=O)N[C@@H](C)C(=O)OC. The maximum atomic E-state index is 12.2. The molecule has 1 atom stereocenters. The number of benzene rings is 1. The summed E-state index contributed by atoms with van der Waals surface area (Å²) in [6.45, 7) is 5.17. The fraction of sp³-hybridized carbons (Fsp3) is 0.267. The summed E-state index contributed by atoms with van der Waals surface area (Å²) < 4.78 is 4.52. The van der Waals surface area contributed by atoms with Gasteiger partial charge >= 0.3 is 5.97 Å². The number of amides is 2. The molecule has 1 aliphatic heterocycles. The van der Waals surface area contributed by atoms with Crippen LogP contribution in [0, 0.1) is 0 Å². The first-order valence-electron chi connectivity index (χ1n) is 6.43. The summed E-state index contributed by atoms with van der Waals surface area (Å²) in [5, 5.41) is 2.48. The van der Waals surface area contributed by atoms with E-state index >= 15 is 0 Å². The van der Waals surface area contributed by atoms with Gasteiger partial charge in [-0.25, -0.2) is 4.79 Å². The summed E-state index contributed by atoms with van der Waals surface area (Å²) in [6, 6.07) is 6.27. The van der Waals surface area contributed by atoms with E-state index in [1.54, 1.807) is 24.3 Å². The Kier molecular flexibility index (Phi) is 4.07. The highest BCUT2D eigenvalue weighted by molar-refractivity contribution is 6.10. The lowest BCUT2D eigenvalue weighted by Gasteiger charge is -2.18. The molecule has 0 fully saturated rings. The number of carbonyl (C=O) groups excluding carboxylic acids is 3. The van der Waals surface area contributed by atoms with Crippen LogP contribution in [0.5, 0.6) is 0 Å². The van der Waals surface area contributed by atoms with E-state index in [1.165, 1.54) is 18.9 Å². The molecule has 0 spiro atoms. The van der Waals surface area contributed by atoms with E-state index in [0.717, 1.165) is 5.56 Å². The van der Waals surface area contributed by atoms with Gasteiger partial charge in [0.2, 0.25) is 5.91 Å².